The number of carbonyl (C=O) groups is 1. The fourth-order valence-corrected chi connectivity index (χ4v) is 2.36. The van der Waals surface area contributed by atoms with E-state index in [4.69, 9.17) is 0 Å². The Kier molecular flexibility index (Phi) is 4.08. The number of nitrogens with zero attached hydrogens (tertiary/aromatic N) is 1. The molecule has 0 aliphatic rings. The molecule has 0 bridgehead atoms. The van der Waals surface area contributed by atoms with Crippen LogP contribution in [0, 0.1) is 0 Å². The third-order valence-electron chi connectivity index (χ3n) is 3.47. The maximum atomic E-state index is 12.3. The van der Waals surface area contributed by atoms with Crippen molar-refractivity contribution in [3.63, 3.8) is 0 Å². The molecule has 1 N–H and O–H groups in total. The average Bonchev–Trinajstić information content (AvgIpc) is 2.49. The van der Waals surface area contributed by atoms with Crippen LogP contribution in [0.3, 0.4) is 0 Å². The Morgan fingerprint density at radius 3 is 1.95 bits per heavy atom. The van der Waals surface area contributed by atoms with E-state index in [0.717, 1.165) is 11.3 Å². The second-order valence-corrected chi connectivity index (χ2v) is 5.15. The van der Waals surface area contributed by atoms with Gasteiger partial charge in [-0.1, -0.05) is 48.5 Å². The lowest BCUT2D eigenvalue weighted by Gasteiger charge is -2.38. The Balaban J connectivity index is 2.49. The van der Waals surface area contributed by atoms with Crippen LogP contribution in [0.5, 0.6) is 0 Å². The summed E-state index contributed by atoms with van der Waals surface area (Å²) in [6.45, 7) is 4.09. The molecule has 0 aromatic heterocycles. The number of benzene rings is 2. The summed E-state index contributed by atoms with van der Waals surface area (Å²) in [6.07, 6.45) is 0. The van der Waals surface area contributed by atoms with E-state index in [1.807, 2.05) is 74.5 Å². The first-order chi connectivity index (χ1) is 9.57. The first-order valence-corrected chi connectivity index (χ1v) is 6.70. The molecule has 0 unspecified atom stereocenters. The quantitative estimate of drug-likeness (QED) is 0.903. The number of amides is 2. The van der Waals surface area contributed by atoms with E-state index in [1.165, 1.54) is 0 Å². The lowest BCUT2D eigenvalue weighted by Crippen LogP contribution is -2.49. The largest absolute Gasteiger partial charge is 0.341 e. The molecule has 2 amide bonds. The smallest absolute Gasteiger partial charge is 0.322 e. The second kappa shape index (κ2) is 5.78. The van der Waals surface area contributed by atoms with Crippen molar-refractivity contribution in [3.8, 4) is 0 Å². The standard InChI is InChI=1S/C17H20N2O/c1-17(2,14-10-6-4-7-11-14)19(16(20)18-3)15-12-8-5-9-13-15/h4-13H,1-3H3,(H,18,20). The maximum absolute atomic E-state index is 12.3. The molecule has 0 saturated heterocycles. The molecule has 0 spiro atoms. The maximum Gasteiger partial charge on any atom is 0.322 e. The monoisotopic (exact) mass is 268 g/mol. The molecule has 0 aliphatic heterocycles. The molecule has 2 rings (SSSR count). The van der Waals surface area contributed by atoms with Gasteiger partial charge in [0.05, 0.1) is 5.54 Å². The Bertz CT molecular complexity index is 564. The molecule has 0 saturated carbocycles. The molecule has 0 aliphatic carbocycles. The van der Waals surface area contributed by atoms with E-state index >= 15 is 0 Å². The van der Waals surface area contributed by atoms with Crippen LogP contribution in [0.15, 0.2) is 60.7 Å². The van der Waals surface area contributed by atoms with E-state index in [2.05, 4.69) is 5.32 Å². The highest BCUT2D eigenvalue weighted by Crippen LogP contribution is 2.32. The van der Waals surface area contributed by atoms with Gasteiger partial charge in [0.15, 0.2) is 0 Å². The third-order valence-corrected chi connectivity index (χ3v) is 3.47. The van der Waals surface area contributed by atoms with Gasteiger partial charge >= 0.3 is 6.03 Å². The van der Waals surface area contributed by atoms with Crippen LogP contribution in [0.2, 0.25) is 0 Å². The fourth-order valence-electron chi connectivity index (χ4n) is 2.36. The number of carbonyl (C=O) groups excluding carboxylic acids is 1. The Hall–Kier alpha value is -2.29. The van der Waals surface area contributed by atoms with E-state index in [9.17, 15) is 4.79 Å². The zero-order chi connectivity index (χ0) is 14.6. The van der Waals surface area contributed by atoms with Gasteiger partial charge in [-0.2, -0.15) is 0 Å². The number of hydrogen-bond acceptors (Lipinski definition) is 1. The molecule has 2 aromatic rings. The Labute approximate surface area is 120 Å². The average molecular weight is 268 g/mol. The molecular weight excluding hydrogens is 248 g/mol. The van der Waals surface area contributed by atoms with E-state index in [0.29, 0.717) is 0 Å². The number of anilines is 1. The Morgan fingerprint density at radius 1 is 0.950 bits per heavy atom. The molecule has 0 atom stereocenters. The molecule has 3 nitrogen and oxygen atoms in total. The second-order valence-electron chi connectivity index (χ2n) is 5.15. The van der Waals surface area contributed by atoms with Crippen molar-refractivity contribution < 1.29 is 4.79 Å². The van der Waals surface area contributed by atoms with Crippen molar-refractivity contribution in [1.29, 1.82) is 0 Å². The summed E-state index contributed by atoms with van der Waals surface area (Å²) in [7, 11) is 1.65. The summed E-state index contributed by atoms with van der Waals surface area (Å²) in [5, 5.41) is 2.73. The highest BCUT2D eigenvalue weighted by molar-refractivity contribution is 5.93. The number of nitrogens with one attached hydrogen (secondary N) is 1. The number of urea groups is 1. The minimum absolute atomic E-state index is 0.120. The SMILES string of the molecule is CNC(=O)N(c1ccccc1)C(C)(C)c1ccccc1. The lowest BCUT2D eigenvalue weighted by atomic mass is 9.92. The van der Waals surface area contributed by atoms with E-state index in [-0.39, 0.29) is 6.03 Å². The lowest BCUT2D eigenvalue weighted by molar-refractivity contribution is 0.242. The predicted molar refractivity (Wildman–Crippen MR) is 82.8 cm³/mol. The third kappa shape index (κ3) is 2.67. The van der Waals surface area contributed by atoms with E-state index in [1.54, 1.807) is 11.9 Å². The molecule has 2 aromatic carbocycles. The summed E-state index contributed by atoms with van der Waals surface area (Å²) < 4.78 is 0. The molecule has 20 heavy (non-hydrogen) atoms. The van der Waals surface area contributed by atoms with Gasteiger partial charge in [0.2, 0.25) is 0 Å². The summed E-state index contributed by atoms with van der Waals surface area (Å²) >= 11 is 0. The van der Waals surface area contributed by atoms with Gasteiger partial charge in [0, 0.05) is 12.7 Å². The summed E-state index contributed by atoms with van der Waals surface area (Å²) in [5.41, 5.74) is 1.52. The fraction of sp³-hybridized carbons (Fsp3) is 0.235. The summed E-state index contributed by atoms with van der Waals surface area (Å²) in [5.74, 6) is 0. The van der Waals surface area contributed by atoms with Gasteiger partial charge in [0.1, 0.15) is 0 Å². The topological polar surface area (TPSA) is 32.3 Å². The highest BCUT2D eigenvalue weighted by atomic mass is 16.2. The van der Waals surface area contributed by atoms with Gasteiger partial charge in [-0.3, -0.25) is 4.90 Å². The Morgan fingerprint density at radius 2 is 1.45 bits per heavy atom. The first kappa shape index (κ1) is 14.1. The highest BCUT2D eigenvalue weighted by Gasteiger charge is 2.33. The molecule has 0 radical (unpaired) electrons. The summed E-state index contributed by atoms with van der Waals surface area (Å²) in [6, 6.07) is 19.6. The van der Waals surface area contributed by atoms with Crippen molar-refractivity contribution in [2.24, 2.45) is 0 Å². The van der Waals surface area contributed by atoms with Crippen molar-refractivity contribution in [2.75, 3.05) is 11.9 Å². The normalized spacial score (nSPS) is 10.9. The minimum Gasteiger partial charge on any atom is -0.341 e. The van der Waals surface area contributed by atoms with E-state index < -0.39 is 5.54 Å². The van der Waals surface area contributed by atoms with Crippen molar-refractivity contribution in [1.82, 2.24) is 5.32 Å². The zero-order valence-corrected chi connectivity index (χ0v) is 12.1. The van der Waals surface area contributed by atoms with Gasteiger partial charge in [-0.15, -0.1) is 0 Å². The van der Waals surface area contributed by atoms with Gasteiger partial charge in [0.25, 0.3) is 0 Å². The molecule has 104 valence electrons. The molecule has 3 heteroatoms. The van der Waals surface area contributed by atoms with Crippen molar-refractivity contribution >= 4 is 11.7 Å². The van der Waals surface area contributed by atoms with Crippen LogP contribution in [0.1, 0.15) is 19.4 Å². The van der Waals surface area contributed by atoms with Crippen molar-refractivity contribution in [3.05, 3.63) is 66.2 Å². The van der Waals surface area contributed by atoms with Crippen molar-refractivity contribution in [2.45, 2.75) is 19.4 Å². The number of hydrogen-bond donors (Lipinski definition) is 1. The van der Waals surface area contributed by atoms with Crippen LogP contribution >= 0.6 is 0 Å². The van der Waals surface area contributed by atoms with Crippen LogP contribution in [-0.2, 0) is 5.54 Å². The molecular formula is C17H20N2O. The molecule has 0 heterocycles. The molecule has 0 fully saturated rings. The minimum atomic E-state index is -0.442. The van der Waals surface area contributed by atoms with Crippen LogP contribution < -0.4 is 10.2 Å². The van der Waals surface area contributed by atoms with Gasteiger partial charge < -0.3 is 5.32 Å². The van der Waals surface area contributed by atoms with Crippen LogP contribution in [0.25, 0.3) is 0 Å². The number of rotatable bonds is 3. The first-order valence-electron chi connectivity index (χ1n) is 6.70. The zero-order valence-electron chi connectivity index (χ0n) is 12.1. The number of para-hydroxylation sites is 1. The predicted octanol–water partition coefficient (Wildman–Crippen LogP) is 3.77. The van der Waals surface area contributed by atoms with Crippen LogP contribution in [-0.4, -0.2) is 13.1 Å². The van der Waals surface area contributed by atoms with Gasteiger partial charge in [-0.25, -0.2) is 4.79 Å². The van der Waals surface area contributed by atoms with Crippen LogP contribution in [0.4, 0.5) is 10.5 Å². The summed E-state index contributed by atoms with van der Waals surface area (Å²) in [4.78, 5) is 14.1. The van der Waals surface area contributed by atoms with Gasteiger partial charge in [-0.05, 0) is 31.5 Å².